The van der Waals surface area contributed by atoms with Gasteiger partial charge in [0.2, 0.25) is 10.0 Å². The Morgan fingerprint density at radius 3 is 2.71 bits per heavy atom. The van der Waals surface area contributed by atoms with E-state index < -0.39 is 10.0 Å². The molecule has 1 saturated carbocycles. The molecule has 2 atom stereocenters. The van der Waals surface area contributed by atoms with Gasteiger partial charge >= 0.3 is 0 Å². The summed E-state index contributed by atoms with van der Waals surface area (Å²) in [6.07, 6.45) is 5.46. The largest absolute Gasteiger partial charge is 0.495 e. The fraction of sp³-hybridized carbons (Fsp3) is 0.450. The van der Waals surface area contributed by atoms with Crippen molar-refractivity contribution in [1.29, 1.82) is 0 Å². The standard InChI is InChI=1S/C20H26N2O5S/c1-14-6-3-4-8-17(14)22-28(24,25)19-12-15(9-10-18(19)26-2)20(23)21-13-16-7-5-11-27-16/h5,7,9-12,14,17,22H,3-4,6,8,13H2,1-2H3,(H,21,23). The normalized spacial score (nSPS) is 19.9. The van der Waals surface area contributed by atoms with E-state index in [4.69, 9.17) is 9.15 Å². The number of ether oxygens (including phenoxy) is 1. The summed E-state index contributed by atoms with van der Waals surface area (Å²) >= 11 is 0. The van der Waals surface area contributed by atoms with Gasteiger partial charge in [0.15, 0.2) is 0 Å². The van der Waals surface area contributed by atoms with Gasteiger partial charge in [-0.15, -0.1) is 0 Å². The van der Waals surface area contributed by atoms with Gasteiger partial charge in [0.25, 0.3) is 5.91 Å². The molecule has 1 aliphatic carbocycles. The smallest absolute Gasteiger partial charge is 0.251 e. The molecule has 0 bridgehead atoms. The summed E-state index contributed by atoms with van der Waals surface area (Å²) < 4.78 is 39.2. The quantitative estimate of drug-likeness (QED) is 0.736. The molecule has 8 heteroatoms. The van der Waals surface area contributed by atoms with Crippen LogP contribution in [0.15, 0.2) is 45.9 Å². The predicted octanol–water partition coefficient (Wildman–Crippen LogP) is 3.08. The number of carbonyl (C=O) groups is 1. The number of sulfonamides is 1. The third kappa shape index (κ3) is 4.74. The van der Waals surface area contributed by atoms with Crippen LogP contribution in [0.3, 0.4) is 0 Å². The lowest BCUT2D eigenvalue weighted by Crippen LogP contribution is -2.41. The molecular weight excluding hydrogens is 380 g/mol. The van der Waals surface area contributed by atoms with E-state index in [0.717, 1.165) is 25.7 Å². The Balaban J connectivity index is 1.80. The van der Waals surface area contributed by atoms with Crippen LogP contribution in [-0.4, -0.2) is 27.5 Å². The molecule has 0 radical (unpaired) electrons. The molecule has 1 aromatic carbocycles. The number of hydrogen-bond acceptors (Lipinski definition) is 5. The topological polar surface area (TPSA) is 97.6 Å². The molecule has 2 N–H and O–H groups in total. The molecule has 1 aliphatic rings. The van der Waals surface area contributed by atoms with E-state index in [1.165, 1.54) is 25.5 Å². The summed E-state index contributed by atoms with van der Waals surface area (Å²) in [4.78, 5) is 12.4. The van der Waals surface area contributed by atoms with Gasteiger partial charge in [-0.2, -0.15) is 0 Å². The maximum atomic E-state index is 13.0. The second-order valence-corrected chi connectivity index (χ2v) is 8.80. The minimum atomic E-state index is -3.82. The van der Waals surface area contributed by atoms with Crippen molar-refractivity contribution in [3.8, 4) is 5.75 Å². The fourth-order valence-corrected chi connectivity index (χ4v) is 5.04. The van der Waals surface area contributed by atoms with Gasteiger partial charge < -0.3 is 14.5 Å². The SMILES string of the molecule is COc1ccc(C(=O)NCc2ccco2)cc1S(=O)(=O)NC1CCCCC1C. The molecule has 0 aliphatic heterocycles. The molecule has 1 amide bonds. The second-order valence-electron chi connectivity index (χ2n) is 7.12. The van der Waals surface area contributed by atoms with Gasteiger partial charge in [-0.25, -0.2) is 13.1 Å². The van der Waals surface area contributed by atoms with Crippen LogP contribution >= 0.6 is 0 Å². The van der Waals surface area contributed by atoms with Crippen LogP contribution in [0.2, 0.25) is 0 Å². The molecule has 1 heterocycles. The van der Waals surface area contributed by atoms with Crippen LogP contribution < -0.4 is 14.8 Å². The molecule has 3 rings (SSSR count). The number of rotatable bonds is 7. The monoisotopic (exact) mass is 406 g/mol. The molecular formula is C20H26N2O5S. The molecule has 2 unspecified atom stereocenters. The van der Waals surface area contributed by atoms with Gasteiger partial charge in [0.05, 0.1) is 19.9 Å². The van der Waals surface area contributed by atoms with Crippen LogP contribution in [0.1, 0.15) is 48.7 Å². The first-order chi connectivity index (χ1) is 13.4. The lowest BCUT2D eigenvalue weighted by molar-refractivity contribution is 0.0947. The molecule has 152 valence electrons. The lowest BCUT2D eigenvalue weighted by Gasteiger charge is -2.29. The maximum Gasteiger partial charge on any atom is 0.251 e. The van der Waals surface area contributed by atoms with Gasteiger partial charge in [-0.1, -0.05) is 19.8 Å². The van der Waals surface area contributed by atoms with Crippen molar-refractivity contribution < 1.29 is 22.4 Å². The highest BCUT2D eigenvalue weighted by molar-refractivity contribution is 7.89. The first-order valence-corrected chi connectivity index (χ1v) is 10.9. The number of nitrogens with one attached hydrogen (secondary N) is 2. The van der Waals surface area contributed by atoms with E-state index in [-0.39, 0.29) is 40.6 Å². The van der Waals surface area contributed by atoms with Crippen LogP contribution in [0.4, 0.5) is 0 Å². The minimum Gasteiger partial charge on any atom is -0.495 e. The van der Waals surface area contributed by atoms with E-state index >= 15 is 0 Å². The van der Waals surface area contributed by atoms with Gasteiger partial charge in [-0.3, -0.25) is 4.79 Å². The van der Waals surface area contributed by atoms with E-state index in [0.29, 0.717) is 5.76 Å². The van der Waals surface area contributed by atoms with E-state index in [9.17, 15) is 13.2 Å². The van der Waals surface area contributed by atoms with Crippen LogP contribution in [0.5, 0.6) is 5.75 Å². The summed E-state index contributed by atoms with van der Waals surface area (Å²) in [6, 6.07) is 7.77. The summed E-state index contributed by atoms with van der Waals surface area (Å²) in [5.41, 5.74) is 0.240. The van der Waals surface area contributed by atoms with Crippen molar-refractivity contribution in [3.63, 3.8) is 0 Å². The zero-order valence-corrected chi connectivity index (χ0v) is 16.9. The number of hydrogen-bond donors (Lipinski definition) is 2. The zero-order chi connectivity index (χ0) is 20.1. The first kappa shape index (κ1) is 20.4. The van der Waals surface area contributed by atoms with Gasteiger partial charge in [0.1, 0.15) is 16.4 Å². The Hall–Kier alpha value is -2.32. The van der Waals surface area contributed by atoms with Crippen LogP contribution in [-0.2, 0) is 16.6 Å². The average Bonchev–Trinajstić information content (AvgIpc) is 3.21. The summed E-state index contributed by atoms with van der Waals surface area (Å²) in [7, 11) is -2.41. The lowest BCUT2D eigenvalue weighted by atomic mass is 9.87. The Labute approximate surface area is 165 Å². The maximum absolute atomic E-state index is 13.0. The Kier molecular flexibility index (Phi) is 6.41. The Morgan fingerprint density at radius 2 is 2.04 bits per heavy atom. The Morgan fingerprint density at radius 1 is 1.25 bits per heavy atom. The molecule has 0 saturated heterocycles. The average molecular weight is 407 g/mol. The highest BCUT2D eigenvalue weighted by Gasteiger charge is 2.29. The molecule has 1 aromatic heterocycles. The van der Waals surface area contributed by atoms with Gasteiger partial charge in [0, 0.05) is 11.6 Å². The van der Waals surface area contributed by atoms with Crippen molar-refractivity contribution >= 4 is 15.9 Å². The number of amides is 1. The molecule has 0 spiro atoms. The van der Waals surface area contributed by atoms with Crippen molar-refractivity contribution in [2.45, 2.75) is 50.1 Å². The number of methoxy groups -OCH3 is 1. The summed E-state index contributed by atoms with van der Waals surface area (Å²) in [6.45, 7) is 2.28. The Bertz CT molecular complexity index is 909. The van der Waals surface area contributed by atoms with Crippen molar-refractivity contribution in [2.24, 2.45) is 5.92 Å². The predicted molar refractivity (Wildman–Crippen MR) is 105 cm³/mol. The molecule has 2 aromatic rings. The van der Waals surface area contributed by atoms with E-state index in [1.807, 2.05) is 0 Å². The fourth-order valence-electron chi connectivity index (χ4n) is 3.46. The first-order valence-electron chi connectivity index (χ1n) is 9.41. The van der Waals surface area contributed by atoms with Crippen molar-refractivity contribution in [1.82, 2.24) is 10.0 Å². The van der Waals surface area contributed by atoms with Crippen LogP contribution in [0, 0.1) is 5.92 Å². The number of furan rings is 1. The molecule has 1 fully saturated rings. The third-order valence-electron chi connectivity index (χ3n) is 5.14. The van der Waals surface area contributed by atoms with E-state index in [2.05, 4.69) is 17.0 Å². The summed E-state index contributed by atoms with van der Waals surface area (Å²) in [5.74, 6) is 0.706. The molecule has 28 heavy (non-hydrogen) atoms. The zero-order valence-electron chi connectivity index (χ0n) is 16.1. The number of carbonyl (C=O) groups excluding carboxylic acids is 1. The third-order valence-corrected chi connectivity index (χ3v) is 6.65. The highest BCUT2D eigenvalue weighted by Crippen LogP contribution is 2.29. The van der Waals surface area contributed by atoms with E-state index in [1.54, 1.807) is 18.2 Å². The highest BCUT2D eigenvalue weighted by atomic mass is 32.2. The minimum absolute atomic E-state index is 0.0292. The second kappa shape index (κ2) is 8.79. The number of benzene rings is 1. The molecule has 7 nitrogen and oxygen atoms in total. The van der Waals surface area contributed by atoms with Crippen LogP contribution in [0.25, 0.3) is 0 Å². The van der Waals surface area contributed by atoms with Crippen molar-refractivity contribution in [2.75, 3.05) is 7.11 Å². The summed E-state index contributed by atoms with van der Waals surface area (Å²) in [5, 5.41) is 2.72. The van der Waals surface area contributed by atoms with Gasteiger partial charge in [-0.05, 0) is 49.1 Å². The van der Waals surface area contributed by atoms with Crippen molar-refractivity contribution in [3.05, 3.63) is 47.9 Å².